The van der Waals surface area contributed by atoms with Crippen LogP contribution in [0.2, 0.25) is 10.0 Å². The van der Waals surface area contributed by atoms with E-state index in [0.29, 0.717) is 21.4 Å². The Hall–Kier alpha value is -0.970. The minimum absolute atomic E-state index is 0.0313. The van der Waals surface area contributed by atoms with Gasteiger partial charge in [-0.15, -0.1) is 0 Å². The summed E-state index contributed by atoms with van der Waals surface area (Å²) in [5, 5.41) is 3.58. The van der Waals surface area contributed by atoms with Gasteiger partial charge >= 0.3 is 0 Å². The van der Waals surface area contributed by atoms with Gasteiger partial charge in [-0.3, -0.25) is 4.79 Å². The molecule has 1 saturated heterocycles. The number of ether oxygens (including phenoxy) is 1. The second-order valence-corrected chi connectivity index (χ2v) is 6.39. The molecule has 1 saturated carbocycles. The molecule has 3 N–H and O–H groups in total. The average Bonchev–Trinajstić information content (AvgIpc) is 3.10. The van der Waals surface area contributed by atoms with E-state index in [4.69, 9.17) is 33.7 Å². The molecule has 0 unspecified atom stereocenters. The van der Waals surface area contributed by atoms with Crippen LogP contribution in [0.15, 0.2) is 12.1 Å². The fourth-order valence-corrected chi connectivity index (χ4v) is 3.42. The van der Waals surface area contributed by atoms with E-state index in [0.717, 1.165) is 32.5 Å². The molecule has 0 radical (unpaired) electrons. The fraction of sp³-hybridized carbons (Fsp3) is 0.500. The van der Waals surface area contributed by atoms with Crippen LogP contribution in [-0.4, -0.2) is 19.1 Å². The third-order valence-electron chi connectivity index (χ3n) is 4.34. The van der Waals surface area contributed by atoms with Gasteiger partial charge in [0.25, 0.3) is 0 Å². The van der Waals surface area contributed by atoms with Crippen molar-refractivity contribution in [3.63, 3.8) is 0 Å². The monoisotopic (exact) mass is 314 g/mol. The number of rotatable bonds is 2. The van der Waals surface area contributed by atoms with Crippen LogP contribution in [-0.2, 0) is 9.53 Å². The third kappa shape index (κ3) is 2.48. The van der Waals surface area contributed by atoms with E-state index < -0.39 is 0 Å². The first kappa shape index (κ1) is 14.0. The minimum Gasteiger partial charge on any atom is -0.396 e. The predicted octanol–water partition coefficient (Wildman–Crippen LogP) is 3.33. The van der Waals surface area contributed by atoms with Gasteiger partial charge in [0.05, 0.1) is 15.7 Å². The molecule has 1 aliphatic carbocycles. The number of benzene rings is 1. The van der Waals surface area contributed by atoms with E-state index in [2.05, 4.69) is 5.32 Å². The van der Waals surface area contributed by atoms with Crippen molar-refractivity contribution in [2.75, 3.05) is 24.3 Å². The largest absolute Gasteiger partial charge is 0.396 e. The van der Waals surface area contributed by atoms with Crippen molar-refractivity contribution in [2.45, 2.75) is 19.3 Å². The molecule has 1 heterocycles. The number of nitrogens with two attached hydrogens (primary N) is 1. The second kappa shape index (κ2) is 5.10. The summed E-state index contributed by atoms with van der Waals surface area (Å²) in [6.45, 7) is 1.51. The molecule has 1 aliphatic heterocycles. The Morgan fingerprint density at radius 3 is 2.50 bits per heavy atom. The van der Waals surface area contributed by atoms with Gasteiger partial charge in [0.1, 0.15) is 0 Å². The minimum atomic E-state index is 0.0313. The summed E-state index contributed by atoms with van der Waals surface area (Å²) in [6.07, 6.45) is 2.88. The Morgan fingerprint density at radius 2 is 1.90 bits per heavy atom. The first-order chi connectivity index (χ1) is 9.52. The summed E-state index contributed by atoms with van der Waals surface area (Å²) < 4.78 is 5.36. The molecule has 2 fully saturated rings. The van der Waals surface area contributed by atoms with Gasteiger partial charge in [0, 0.05) is 24.8 Å². The smallest absolute Gasteiger partial charge is 0.228 e. The Labute approximate surface area is 127 Å². The van der Waals surface area contributed by atoms with Crippen molar-refractivity contribution in [1.82, 2.24) is 0 Å². The van der Waals surface area contributed by atoms with E-state index in [1.165, 1.54) is 0 Å². The van der Waals surface area contributed by atoms with Crippen molar-refractivity contribution >= 4 is 40.5 Å². The maximum Gasteiger partial charge on any atom is 0.228 e. The molecular formula is C14H16Cl2N2O2. The van der Waals surface area contributed by atoms with Gasteiger partial charge in [-0.1, -0.05) is 23.2 Å². The van der Waals surface area contributed by atoms with Crippen molar-refractivity contribution < 1.29 is 9.53 Å². The van der Waals surface area contributed by atoms with Crippen LogP contribution in [0.25, 0.3) is 0 Å². The van der Waals surface area contributed by atoms with Crippen LogP contribution in [0, 0.1) is 11.3 Å². The van der Waals surface area contributed by atoms with Crippen molar-refractivity contribution in [3.8, 4) is 0 Å². The van der Waals surface area contributed by atoms with E-state index in [9.17, 15) is 4.79 Å². The Bertz CT molecular complexity index is 533. The molecule has 1 amide bonds. The Balaban J connectivity index is 1.68. The number of carbonyl (C=O) groups excluding carboxylic acids is 1. The quantitative estimate of drug-likeness (QED) is 0.823. The molecule has 1 aromatic carbocycles. The van der Waals surface area contributed by atoms with Crippen LogP contribution >= 0.6 is 23.2 Å². The molecule has 1 atom stereocenters. The first-order valence-electron chi connectivity index (χ1n) is 6.65. The van der Waals surface area contributed by atoms with Crippen molar-refractivity contribution in [1.29, 1.82) is 0 Å². The highest BCUT2D eigenvalue weighted by atomic mass is 35.5. The van der Waals surface area contributed by atoms with Crippen LogP contribution in [0.5, 0.6) is 0 Å². The lowest BCUT2D eigenvalue weighted by Gasteiger charge is -2.22. The van der Waals surface area contributed by atoms with Crippen LogP contribution in [0.4, 0.5) is 11.4 Å². The van der Waals surface area contributed by atoms with Crippen molar-refractivity contribution in [2.24, 2.45) is 11.3 Å². The molecule has 20 heavy (non-hydrogen) atoms. The highest BCUT2D eigenvalue weighted by molar-refractivity contribution is 6.39. The van der Waals surface area contributed by atoms with Crippen LogP contribution in [0.3, 0.4) is 0 Å². The normalized spacial score (nSPS) is 23.6. The fourth-order valence-electron chi connectivity index (χ4n) is 2.93. The maximum atomic E-state index is 12.3. The van der Waals surface area contributed by atoms with Gasteiger partial charge < -0.3 is 15.8 Å². The summed E-state index contributed by atoms with van der Waals surface area (Å²) in [6, 6.07) is 3.25. The van der Waals surface area contributed by atoms with Gasteiger partial charge in [-0.05, 0) is 36.8 Å². The zero-order chi connectivity index (χ0) is 14.3. The number of halogens is 2. The number of hydrogen-bond acceptors (Lipinski definition) is 3. The summed E-state index contributed by atoms with van der Waals surface area (Å²) in [7, 11) is 0. The number of nitrogens with one attached hydrogen (secondary N) is 1. The summed E-state index contributed by atoms with van der Waals surface area (Å²) in [5.74, 6) is 0.102. The number of hydrogen-bond donors (Lipinski definition) is 2. The second-order valence-electron chi connectivity index (χ2n) is 5.57. The standard InChI is InChI=1S/C14H16Cl2N2O2/c15-10-5-8(6-11(16)12(10)17)18-13(19)9-7-14(9)1-3-20-4-2-14/h5-6,9H,1-4,7,17H2,(H,18,19)/t9-/m0/s1. The number of amides is 1. The van der Waals surface area contributed by atoms with Gasteiger partial charge in [-0.2, -0.15) is 0 Å². The molecule has 0 aromatic heterocycles. The molecule has 3 rings (SSSR count). The van der Waals surface area contributed by atoms with Crippen LogP contribution < -0.4 is 11.1 Å². The summed E-state index contributed by atoms with van der Waals surface area (Å²) in [4.78, 5) is 12.3. The van der Waals surface area contributed by atoms with Gasteiger partial charge in [0.2, 0.25) is 5.91 Å². The van der Waals surface area contributed by atoms with E-state index in [1.807, 2.05) is 0 Å². The lowest BCUT2D eigenvalue weighted by molar-refractivity contribution is -0.118. The molecule has 108 valence electrons. The molecule has 2 aliphatic rings. The van der Waals surface area contributed by atoms with Crippen LogP contribution in [0.1, 0.15) is 19.3 Å². The van der Waals surface area contributed by atoms with E-state index >= 15 is 0 Å². The number of carbonyl (C=O) groups is 1. The molecule has 0 bridgehead atoms. The molecular weight excluding hydrogens is 299 g/mol. The predicted molar refractivity (Wildman–Crippen MR) is 80.1 cm³/mol. The highest BCUT2D eigenvalue weighted by Crippen LogP contribution is 2.59. The van der Waals surface area contributed by atoms with Gasteiger partial charge in [-0.25, -0.2) is 0 Å². The molecule has 4 nitrogen and oxygen atoms in total. The summed E-state index contributed by atoms with van der Waals surface area (Å²) in [5.41, 5.74) is 6.75. The molecule has 1 aromatic rings. The zero-order valence-corrected chi connectivity index (χ0v) is 12.4. The topological polar surface area (TPSA) is 64.3 Å². The average molecular weight is 315 g/mol. The molecule has 6 heteroatoms. The lowest BCUT2D eigenvalue weighted by atomic mass is 9.93. The maximum absolute atomic E-state index is 12.3. The Morgan fingerprint density at radius 1 is 1.30 bits per heavy atom. The zero-order valence-electron chi connectivity index (χ0n) is 10.9. The van der Waals surface area contributed by atoms with Crippen molar-refractivity contribution in [3.05, 3.63) is 22.2 Å². The number of nitrogen functional groups attached to an aromatic ring is 1. The Kier molecular flexibility index (Phi) is 3.56. The molecule has 1 spiro atoms. The SMILES string of the molecule is Nc1c(Cl)cc(NC(=O)[C@@H]2CC23CCOCC3)cc1Cl. The van der Waals surface area contributed by atoms with Gasteiger partial charge in [0.15, 0.2) is 0 Å². The highest BCUT2D eigenvalue weighted by Gasteiger charge is 2.57. The first-order valence-corrected chi connectivity index (χ1v) is 7.41. The lowest BCUT2D eigenvalue weighted by Crippen LogP contribution is -2.24. The van der Waals surface area contributed by atoms with E-state index in [-0.39, 0.29) is 17.2 Å². The van der Waals surface area contributed by atoms with E-state index in [1.54, 1.807) is 12.1 Å². The summed E-state index contributed by atoms with van der Waals surface area (Å²) >= 11 is 11.9. The third-order valence-corrected chi connectivity index (χ3v) is 4.97. The number of anilines is 2.